The van der Waals surface area contributed by atoms with Crippen molar-refractivity contribution in [1.29, 1.82) is 0 Å². The predicted molar refractivity (Wildman–Crippen MR) is 205 cm³/mol. The lowest BCUT2D eigenvalue weighted by Gasteiger charge is -2.33. The molecular weight excluding hydrogens is 699 g/mol. The molecule has 2 fully saturated rings. The van der Waals surface area contributed by atoms with Crippen molar-refractivity contribution in [3.63, 3.8) is 0 Å². The van der Waals surface area contributed by atoms with E-state index < -0.39 is 47.5 Å². The smallest absolute Gasteiger partial charge is 0.332 e. The highest BCUT2D eigenvalue weighted by Gasteiger charge is 2.47. The highest BCUT2D eigenvalue weighted by Crippen LogP contribution is 2.39. The molecule has 1 aliphatic heterocycles. The predicted octanol–water partition coefficient (Wildman–Crippen LogP) is 8.25. The fourth-order valence-corrected chi connectivity index (χ4v) is 7.18. The van der Waals surface area contributed by atoms with E-state index in [0.29, 0.717) is 22.4 Å². The normalized spacial score (nSPS) is 16.3. The van der Waals surface area contributed by atoms with Gasteiger partial charge < -0.3 is 5.32 Å². The van der Waals surface area contributed by atoms with E-state index in [0.717, 1.165) is 42.6 Å². The van der Waals surface area contributed by atoms with Gasteiger partial charge in [-0.05, 0) is 90.2 Å². The lowest BCUT2D eigenvalue weighted by molar-refractivity contribution is -0.128. The van der Waals surface area contributed by atoms with Crippen molar-refractivity contribution in [2.75, 3.05) is 9.80 Å². The van der Waals surface area contributed by atoms with Gasteiger partial charge >= 0.3 is 11.9 Å². The van der Waals surface area contributed by atoms with Gasteiger partial charge in [0.1, 0.15) is 23.7 Å². The number of anilines is 2. The Kier molecular flexibility index (Phi) is 11.1. The third-order valence-electron chi connectivity index (χ3n) is 9.90. The van der Waals surface area contributed by atoms with Gasteiger partial charge in [-0.3, -0.25) is 29.1 Å². The van der Waals surface area contributed by atoms with Crippen LogP contribution in [0.1, 0.15) is 66.4 Å². The lowest BCUT2D eigenvalue weighted by atomic mass is 9.94. The summed E-state index contributed by atoms with van der Waals surface area (Å²) >= 11 is 0. The molecule has 1 heterocycles. The van der Waals surface area contributed by atoms with E-state index in [1.165, 1.54) is 58.3 Å². The zero-order valence-corrected chi connectivity index (χ0v) is 29.9. The van der Waals surface area contributed by atoms with Crippen molar-refractivity contribution in [3.8, 4) is 11.8 Å². The summed E-state index contributed by atoms with van der Waals surface area (Å²) in [7, 11) is 0. The Hall–Kier alpha value is -6.60. The second-order valence-electron chi connectivity index (χ2n) is 13.6. The van der Waals surface area contributed by atoms with Crippen LogP contribution in [0.25, 0.3) is 0 Å². The van der Waals surface area contributed by atoms with E-state index in [1.807, 2.05) is 36.4 Å². The average Bonchev–Trinajstić information content (AvgIpc) is 3.45. The number of rotatable bonds is 9. The first-order valence-corrected chi connectivity index (χ1v) is 18.3. The molecule has 7 rings (SSSR count). The number of halogens is 2. The van der Waals surface area contributed by atoms with Crippen LogP contribution in [0, 0.1) is 23.5 Å². The van der Waals surface area contributed by atoms with Crippen molar-refractivity contribution in [1.82, 2.24) is 10.2 Å². The minimum atomic E-state index is -1.28. The molecule has 0 aromatic heterocycles. The summed E-state index contributed by atoms with van der Waals surface area (Å²) in [6.07, 6.45) is 4.56. The number of hydrogen-bond acceptors (Lipinski definition) is 4. The van der Waals surface area contributed by atoms with Gasteiger partial charge in [0, 0.05) is 28.9 Å². The van der Waals surface area contributed by atoms with E-state index in [9.17, 15) is 28.0 Å². The van der Waals surface area contributed by atoms with Gasteiger partial charge in [0.05, 0.1) is 6.54 Å². The molecule has 1 aliphatic carbocycles. The lowest BCUT2D eigenvalue weighted by Crippen LogP contribution is -2.47. The standard InChI is InChI=1S/C45H38F2N4O4/c46-35-22-20-33(21-23-35)41(43(53)48-37-16-8-3-9-17-37)50(40(52)28-19-31-11-4-1-5-12-31)39-18-10-15-34(29-39)42-44(54)49(30-32-13-6-2-7-14-32)45(55)51(42)38-26-24-36(47)25-27-38/h1-2,4-7,10-15,18,20-27,29,37,41-42H,3,8-9,16-17,30H2,(H,48,53). The number of benzene rings is 5. The number of amides is 5. The maximum atomic E-state index is 14.4. The molecule has 1 saturated heterocycles. The number of urea groups is 1. The molecule has 1 saturated carbocycles. The minimum Gasteiger partial charge on any atom is -0.351 e. The van der Waals surface area contributed by atoms with Gasteiger partial charge in [0.15, 0.2) is 0 Å². The Bertz CT molecular complexity index is 2230. The van der Waals surface area contributed by atoms with Gasteiger partial charge in [-0.2, -0.15) is 0 Å². The van der Waals surface area contributed by atoms with Crippen molar-refractivity contribution in [2.45, 2.75) is 56.8 Å². The van der Waals surface area contributed by atoms with Crippen LogP contribution in [0.15, 0.2) is 133 Å². The average molecular weight is 737 g/mol. The first-order valence-electron chi connectivity index (χ1n) is 18.3. The molecule has 2 atom stereocenters. The van der Waals surface area contributed by atoms with Crippen molar-refractivity contribution < 1.29 is 28.0 Å². The van der Waals surface area contributed by atoms with Gasteiger partial charge in [-0.1, -0.05) is 98.0 Å². The molecule has 0 spiro atoms. The van der Waals surface area contributed by atoms with Crippen LogP contribution in [-0.4, -0.2) is 34.7 Å². The fraction of sp³-hybridized carbons (Fsp3) is 0.200. The molecule has 10 heteroatoms. The highest BCUT2D eigenvalue weighted by molar-refractivity contribution is 6.15. The maximum absolute atomic E-state index is 14.4. The van der Waals surface area contributed by atoms with Gasteiger partial charge in [-0.25, -0.2) is 13.6 Å². The van der Waals surface area contributed by atoms with Crippen LogP contribution < -0.4 is 15.1 Å². The van der Waals surface area contributed by atoms with Gasteiger partial charge in [0.25, 0.3) is 5.91 Å². The SMILES string of the molecule is O=C(NC1CCCCC1)C(c1ccc(F)cc1)N(C(=O)C#Cc1ccccc1)c1cccc(C2C(=O)N(Cc3ccccc3)C(=O)N2c2ccc(F)cc2)c1. The molecule has 1 N–H and O–H groups in total. The summed E-state index contributed by atoms with van der Waals surface area (Å²) in [5.74, 6) is 2.87. The largest absolute Gasteiger partial charge is 0.351 e. The zero-order chi connectivity index (χ0) is 38.3. The van der Waals surface area contributed by atoms with Crippen LogP contribution in [-0.2, 0) is 20.9 Å². The van der Waals surface area contributed by atoms with Crippen molar-refractivity contribution in [3.05, 3.63) is 167 Å². The number of hydrogen-bond donors (Lipinski definition) is 1. The quantitative estimate of drug-likeness (QED) is 0.122. The summed E-state index contributed by atoms with van der Waals surface area (Å²) in [6, 6.07) is 32.0. The summed E-state index contributed by atoms with van der Waals surface area (Å²) in [5.41, 5.74) is 2.52. The molecule has 8 nitrogen and oxygen atoms in total. The topological polar surface area (TPSA) is 90.0 Å². The van der Waals surface area contributed by atoms with Gasteiger partial charge in [0.2, 0.25) is 5.91 Å². The Morgan fingerprint density at radius 1 is 0.764 bits per heavy atom. The number of imide groups is 1. The fourth-order valence-electron chi connectivity index (χ4n) is 7.18. The molecule has 2 aliphatic rings. The van der Waals surface area contributed by atoms with Crippen molar-refractivity contribution >= 4 is 35.1 Å². The van der Waals surface area contributed by atoms with E-state index in [-0.39, 0.29) is 18.3 Å². The first-order chi connectivity index (χ1) is 26.8. The molecule has 276 valence electrons. The Morgan fingerprint density at radius 3 is 2.07 bits per heavy atom. The molecule has 0 radical (unpaired) electrons. The van der Waals surface area contributed by atoms with E-state index in [2.05, 4.69) is 17.2 Å². The summed E-state index contributed by atoms with van der Waals surface area (Å²) in [4.78, 5) is 61.0. The zero-order valence-electron chi connectivity index (χ0n) is 29.9. The molecule has 0 bridgehead atoms. The number of carbonyl (C=O) groups excluding carboxylic acids is 4. The number of nitrogens with zero attached hydrogens (tertiary/aromatic N) is 3. The highest BCUT2D eigenvalue weighted by atomic mass is 19.1. The molecule has 5 aromatic carbocycles. The second-order valence-corrected chi connectivity index (χ2v) is 13.6. The Labute approximate surface area is 318 Å². The van der Waals surface area contributed by atoms with Crippen LogP contribution in [0.4, 0.5) is 25.0 Å². The van der Waals surface area contributed by atoms with Crippen LogP contribution in [0.2, 0.25) is 0 Å². The first kappa shape index (κ1) is 36.7. The van der Waals surface area contributed by atoms with Crippen molar-refractivity contribution in [2.24, 2.45) is 0 Å². The molecular formula is C45H38F2N4O4. The monoisotopic (exact) mass is 736 g/mol. The minimum absolute atomic E-state index is 0.0000567. The Morgan fingerprint density at radius 2 is 1.40 bits per heavy atom. The van der Waals surface area contributed by atoms with Crippen LogP contribution in [0.5, 0.6) is 0 Å². The number of nitrogens with one attached hydrogen (secondary N) is 1. The maximum Gasteiger partial charge on any atom is 0.332 e. The third kappa shape index (κ3) is 8.31. The van der Waals surface area contributed by atoms with Crippen LogP contribution in [0.3, 0.4) is 0 Å². The molecule has 55 heavy (non-hydrogen) atoms. The third-order valence-corrected chi connectivity index (χ3v) is 9.90. The van der Waals surface area contributed by atoms with E-state index in [4.69, 9.17) is 0 Å². The van der Waals surface area contributed by atoms with E-state index >= 15 is 0 Å². The number of carbonyl (C=O) groups is 4. The molecule has 5 amide bonds. The summed E-state index contributed by atoms with van der Waals surface area (Å²) in [5, 5.41) is 3.14. The van der Waals surface area contributed by atoms with Crippen LogP contribution >= 0.6 is 0 Å². The Balaban J connectivity index is 1.34. The molecule has 2 unspecified atom stereocenters. The van der Waals surface area contributed by atoms with Gasteiger partial charge in [-0.15, -0.1) is 0 Å². The second kappa shape index (κ2) is 16.6. The summed E-state index contributed by atoms with van der Waals surface area (Å²) < 4.78 is 28.4. The summed E-state index contributed by atoms with van der Waals surface area (Å²) in [6.45, 7) is 0.0000567. The van der Waals surface area contributed by atoms with E-state index in [1.54, 1.807) is 48.5 Å². The molecule has 5 aromatic rings.